The number of nitrogens with zero attached hydrogens (tertiary/aromatic N) is 1. The van der Waals surface area contributed by atoms with Crippen LogP contribution in [-0.4, -0.2) is 37.6 Å². The molecular formula is C16H25ClN2O2. The summed E-state index contributed by atoms with van der Waals surface area (Å²) in [5, 5.41) is 0. The van der Waals surface area contributed by atoms with Crippen LogP contribution in [0.25, 0.3) is 0 Å². The normalized spacial score (nSPS) is 21.0. The maximum absolute atomic E-state index is 12.3. The van der Waals surface area contributed by atoms with Gasteiger partial charge in [0.05, 0.1) is 7.11 Å². The maximum Gasteiger partial charge on any atom is 0.222 e. The van der Waals surface area contributed by atoms with Gasteiger partial charge < -0.3 is 15.4 Å². The molecule has 118 valence electrons. The standard InChI is InChI=1S/C16H24N2O2.ClH/c1-16(11-17)9-10-18(12-16)15(19)8-7-13-5-3-4-6-14(13)20-2;/h3-6H,7-12,17H2,1-2H3;1H. The summed E-state index contributed by atoms with van der Waals surface area (Å²) in [6.07, 6.45) is 2.25. The minimum absolute atomic E-state index is 0. The van der Waals surface area contributed by atoms with Crippen molar-refractivity contribution in [3.63, 3.8) is 0 Å². The monoisotopic (exact) mass is 312 g/mol. The van der Waals surface area contributed by atoms with Crippen LogP contribution in [0.15, 0.2) is 24.3 Å². The van der Waals surface area contributed by atoms with Gasteiger partial charge in [-0.05, 0) is 36.4 Å². The Kier molecular flexibility index (Phi) is 6.49. The molecule has 0 aliphatic carbocycles. The van der Waals surface area contributed by atoms with Gasteiger partial charge in [-0.3, -0.25) is 4.79 Å². The number of hydrogen-bond donors (Lipinski definition) is 1. The summed E-state index contributed by atoms with van der Waals surface area (Å²) in [4.78, 5) is 14.2. The molecule has 5 heteroatoms. The van der Waals surface area contributed by atoms with Crippen molar-refractivity contribution < 1.29 is 9.53 Å². The van der Waals surface area contributed by atoms with E-state index in [0.29, 0.717) is 13.0 Å². The number of carbonyl (C=O) groups excluding carboxylic acids is 1. The van der Waals surface area contributed by atoms with Crippen molar-refractivity contribution in [2.45, 2.75) is 26.2 Å². The lowest BCUT2D eigenvalue weighted by Crippen LogP contribution is -2.34. The second-order valence-electron chi connectivity index (χ2n) is 5.89. The van der Waals surface area contributed by atoms with Crippen molar-refractivity contribution in [1.82, 2.24) is 4.90 Å². The van der Waals surface area contributed by atoms with Crippen molar-refractivity contribution in [3.05, 3.63) is 29.8 Å². The van der Waals surface area contributed by atoms with E-state index in [1.807, 2.05) is 29.2 Å². The van der Waals surface area contributed by atoms with Crippen LogP contribution in [0.3, 0.4) is 0 Å². The number of amides is 1. The van der Waals surface area contributed by atoms with Crippen molar-refractivity contribution in [2.75, 3.05) is 26.7 Å². The predicted molar refractivity (Wildman–Crippen MR) is 86.9 cm³/mol. The summed E-state index contributed by atoms with van der Waals surface area (Å²) in [6, 6.07) is 7.86. The summed E-state index contributed by atoms with van der Waals surface area (Å²) >= 11 is 0. The fraction of sp³-hybridized carbons (Fsp3) is 0.562. The molecule has 1 saturated heterocycles. The molecule has 1 aromatic rings. The number of aryl methyl sites for hydroxylation is 1. The minimum atomic E-state index is 0. The third-order valence-corrected chi connectivity index (χ3v) is 4.20. The quantitative estimate of drug-likeness (QED) is 0.907. The number of rotatable bonds is 5. The average Bonchev–Trinajstić information content (AvgIpc) is 2.88. The highest BCUT2D eigenvalue weighted by Gasteiger charge is 2.34. The van der Waals surface area contributed by atoms with E-state index >= 15 is 0 Å². The molecule has 21 heavy (non-hydrogen) atoms. The summed E-state index contributed by atoms with van der Waals surface area (Å²) in [5.41, 5.74) is 6.96. The van der Waals surface area contributed by atoms with E-state index < -0.39 is 0 Å². The van der Waals surface area contributed by atoms with E-state index in [2.05, 4.69) is 6.92 Å². The minimum Gasteiger partial charge on any atom is -0.496 e. The van der Waals surface area contributed by atoms with Gasteiger partial charge in [0.2, 0.25) is 5.91 Å². The van der Waals surface area contributed by atoms with Crippen LogP contribution in [-0.2, 0) is 11.2 Å². The lowest BCUT2D eigenvalue weighted by Gasteiger charge is -2.22. The van der Waals surface area contributed by atoms with Gasteiger partial charge in [0.1, 0.15) is 5.75 Å². The SMILES string of the molecule is COc1ccccc1CCC(=O)N1CCC(C)(CN)C1.Cl. The van der Waals surface area contributed by atoms with Gasteiger partial charge in [-0.1, -0.05) is 25.1 Å². The van der Waals surface area contributed by atoms with Crippen LogP contribution in [0.1, 0.15) is 25.3 Å². The van der Waals surface area contributed by atoms with Gasteiger partial charge in [0, 0.05) is 19.5 Å². The average molecular weight is 313 g/mol. The Morgan fingerprint density at radius 3 is 2.76 bits per heavy atom. The highest BCUT2D eigenvalue weighted by atomic mass is 35.5. The summed E-state index contributed by atoms with van der Waals surface area (Å²) in [6.45, 7) is 4.41. The van der Waals surface area contributed by atoms with E-state index in [9.17, 15) is 4.79 Å². The van der Waals surface area contributed by atoms with Crippen LogP contribution >= 0.6 is 12.4 Å². The first-order valence-corrected chi connectivity index (χ1v) is 7.18. The smallest absolute Gasteiger partial charge is 0.222 e. The largest absolute Gasteiger partial charge is 0.496 e. The molecule has 1 amide bonds. The summed E-state index contributed by atoms with van der Waals surface area (Å²) in [5.74, 6) is 1.07. The van der Waals surface area contributed by atoms with Crippen LogP contribution in [0, 0.1) is 5.41 Å². The number of likely N-dealkylation sites (tertiary alicyclic amines) is 1. The topological polar surface area (TPSA) is 55.6 Å². The molecular weight excluding hydrogens is 288 g/mol. The summed E-state index contributed by atoms with van der Waals surface area (Å²) < 4.78 is 5.31. The van der Waals surface area contributed by atoms with Crippen molar-refractivity contribution in [1.29, 1.82) is 0 Å². The lowest BCUT2D eigenvalue weighted by molar-refractivity contribution is -0.130. The zero-order valence-electron chi connectivity index (χ0n) is 12.8. The van der Waals surface area contributed by atoms with E-state index in [0.717, 1.165) is 37.2 Å². The van der Waals surface area contributed by atoms with Gasteiger partial charge >= 0.3 is 0 Å². The Labute approximate surface area is 133 Å². The molecule has 0 spiro atoms. The number of halogens is 1. The molecule has 1 aromatic carbocycles. The fourth-order valence-electron chi connectivity index (χ4n) is 2.71. The summed E-state index contributed by atoms with van der Waals surface area (Å²) in [7, 11) is 1.66. The van der Waals surface area contributed by atoms with Gasteiger partial charge in [0.15, 0.2) is 0 Å². The third kappa shape index (κ3) is 4.35. The van der Waals surface area contributed by atoms with Crippen molar-refractivity contribution in [2.24, 2.45) is 11.1 Å². The first-order valence-electron chi connectivity index (χ1n) is 7.18. The number of para-hydroxylation sites is 1. The van der Waals surface area contributed by atoms with Crippen LogP contribution in [0.4, 0.5) is 0 Å². The molecule has 1 unspecified atom stereocenters. The molecule has 1 heterocycles. The second-order valence-corrected chi connectivity index (χ2v) is 5.89. The number of carbonyl (C=O) groups is 1. The molecule has 2 N–H and O–H groups in total. The molecule has 0 radical (unpaired) electrons. The highest BCUT2D eigenvalue weighted by Crippen LogP contribution is 2.29. The number of nitrogens with two attached hydrogens (primary N) is 1. The van der Waals surface area contributed by atoms with E-state index in [-0.39, 0.29) is 23.7 Å². The van der Waals surface area contributed by atoms with E-state index in [1.54, 1.807) is 7.11 Å². The number of hydrogen-bond acceptors (Lipinski definition) is 3. The first-order chi connectivity index (χ1) is 9.58. The Hall–Kier alpha value is -1.26. The van der Waals surface area contributed by atoms with Gasteiger partial charge in [-0.2, -0.15) is 0 Å². The van der Waals surface area contributed by atoms with Gasteiger partial charge in [-0.15, -0.1) is 12.4 Å². The molecule has 0 bridgehead atoms. The molecule has 1 aliphatic heterocycles. The Morgan fingerprint density at radius 1 is 1.43 bits per heavy atom. The molecule has 1 fully saturated rings. The van der Waals surface area contributed by atoms with Crippen LogP contribution < -0.4 is 10.5 Å². The Morgan fingerprint density at radius 2 is 2.14 bits per heavy atom. The highest BCUT2D eigenvalue weighted by molar-refractivity contribution is 5.85. The molecule has 2 rings (SSSR count). The maximum atomic E-state index is 12.3. The lowest BCUT2D eigenvalue weighted by atomic mass is 9.90. The molecule has 0 aromatic heterocycles. The fourth-order valence-corrected chi connectivity index (χ4v) is 2.71. The zero-order chi connectivity index (χ0) is 14.6. The second kappa shape index (κ2) is 7.66. The Bertz CT molecular complexity index is 481. The Balaban J connectivity index is 0.00000220. The third-order valence-electron chi connectivity index (χ3n) is 4.20. The first kappa shape index (κ1) is 17.8. The number of ether oxygens (including phenoxy) is 1. The van der Waals surface area contributed by atoms with E-state index in [1.165, 1.54) is 0 Å². The predicted octanol–water partition coefficient (Wildman–Crippen LogP) is 2.25. The molecule has 1 atom stereocenters. The van der Waals surface area contributed by atoms with Gasteiger partial charge in [0.25, 0.3) is 0 Å². The van der Waals surface area contributed by atoms with E-state index in [4.69, 9.17) is 10.5 Å². The molecule has 4 nitrogen and oxygen atoms in total. The van der Waals surface area contributed by atoms with Crippen molar-refractivity contribution >= 4 is 18.3 Å². The van der Waals surface area contributed by atoms with Crippen LogP contribution in [0.2, 0.25) is 0 Å². The number of methoxy groups -OCH3 is 1. The zero-order valence-corrected chi connectivity index (χ0v) is 13.6. The molecule has 0 saturated carbocycles. The van der Waals surface area contributed by atoms with Crippen molar-refractivity contribution in [3.8, 4) is 5.75 Å². The number of benzene rings is 1. The van der Waals surface area contributed by atoms with Crippen LogP contribution in [0.5, 0.6) is 5.75 Å². The molecule has 1 aliphatic rings. The van der Waals surface area contributed by atoms with Gasteiger partial charge in [-0.25, -0.2) is 0 Å².